The van der Waals surface area contributed by atoms with Crippen LogP contribution in [0, 0.1) is 0 Å². The Morgan fingerprint density at radius 2 is 1.70 bits per heavy atom. The molecule has 2 aromatic rings. The van der Waals surface area contributed by atoms with Gasteiger partial charge >= 0.3 is 6.09 Å². The summed E-state index contributed by atoms with van der Waals surface area (Å²) in [5.74, 6) is 1.73. The van der Waals surface area contributed by atoms with E-state index in [-0.39, 0.29) is 5.82 Å². The molecule has 1 aromatic heterocycles. The highest BCUT2D eigenvalue weighted by Gasteiger charge is 2.11. The van der Waals surface area contributed by atoms with Crippen molar-refractivity contribution in [3.63, 3.8) is 0 Å². The van der Waals surface area contributed by atoms with Crippen molar-refractivity contribution >= 4 is 35.0 Å². The zero-order valence-corrected chi connectivity index (χ0v) is 13.5. The highest BCUT2D eigenvalue weighted by atomic mass is 35.5. The summed E-state index contributed by atoms with van der Waals surface area (Å²) in [6, 6.07) is 6.53. The molecule has 0 fully saturated rings. The van der Waals surface area contributed by atoms with E-state index in [1.54, 1.807) is 24.3 Å². The van der Waals surface area contributed by atoms with E-state index in [1.165, 1.54) is 21.3 Å². The first-order chi connectivity index (χ1) is 11.1. The lowest BCUT2D eigenvalue weighted by Crippen LogP contribution is -2.12. The van der Waals surface area contributed by atoms with Gasteiger partial charge in [-0.25, -0.2) is 4.79 Å². The summed E-state index contributed by atoms with van der Waals surface area (Å²) in [6.07, 6.45) is -0.621. The maximum Gasteiger partial charge on any atom is 0.412 e. The van der Waals surface area contributed by atoms with E-state index in [1.807, 2.05) is 0 Å². The van der Waals surface area contributed by atoms with Gasteiger partial charge in [0, 0.05) is 12.1 Å². The van der Waals surface area contributed by atoms with Crippen LogP contribution in [0.5, 0.6) is 11.5 Å². The molecule has 1 heterocycles. The lowest BCUT2D eigenvalue weighted by molar-refractivity contribution is 0.187. The molecule has 0 radical (unpaired) electrons. The second kappa shape index (κ2) is 7.50. The smallest absolute Gasteiger partial charge is 0.412 e. The van der Waals surface area contributed by atoms with Crippen LogP contribution in [0.1, 0.15) is 0 Å². The summed E-state index contributed by atoms with van der Waals surface area (Å²) in [5, 5.41) is 13.7. The van der Waals surface area contributed by atoms with E-state index >= 15 is 0 Å². The van der Waals surface area contributed by atoms with E-state index in [0.717, 1.165) is 0 Å². The minimum atomic E-state index is -0.621. The number of benzene rings is 1. The van der Waals surface area contributed by atoms with Gasteiger partial charge in [0.05, 0.1) is 32.0 Å². The second-order valence-corrected chi connectivity index (χ2v) is 4.64. The summed E-state index contributed by atoms with van der Waals surface area (Å²) >= 11 is 6.05. The monoisotopic (exact) mass is 338 g/mol. The molecule has 0 atom stereocenters. The predicted octanol–water partition coefficient (Wildman–Crippen LogP) is 3.07. The van der Waals surface area contributed by atoms with Crippen molar-refractivity contribution in [1.29, 1.82) is 0 Å². The van der Waals surface area contributed by atoms with Gasteiger partial charge in [0.15, 0.2) is 11.6 Å². The number of amides is 1. The number of halogens is 1. The number of hydrogen-bond donors (Lipinski definition) is 2. The second-order valence-electron chi connectivity index (χ2n) is 4.23. The van der Waals surface area contributed by atoms with Crippen molar-refractivity contribution in [2.24, 2.45) is 0 Å². The number of carbonyl (C=O) groups excluding carboxylic acids is 1. The van der Waals surface area contributed by atoms with Crippen molar-refractivity contribution in [2.75, 3.05) is 32.0 Å². The molecule has 0 aliphatic heterocycles. The fourth-order valence-corrected chi connectivity index (χ4v) is 1.95. The fourth-order valence-electron chi connectivity index (χ4n) is 1.72. The van der Waals surface area contributed by atoms with Gasteiger partial charge in [-0.05, 0) is 12.1 Å². The van der Waals surface area contributed by atoms with Gasteiger partial charge in [0.2, 0.25) is 0 Å². The van der Waals surface area contributed by atoms with Gasteiger partial charge in [-0.3, -0.25) is 5.32 Å². The highest BCUT2D eigenvalue weighted by molar-refractivity contribution is 6.32. The van der Waals surface area contributed by atoms with Crippen molar-refractivity contribution in [3.05, 3.63) is 29.3 Å². The van der Waals surface area contributed by atoms with Gasteiger partial charge in [0.1, 0.15) is 11.5 Å². The highest BCUT2D eigenvalue weighted by Crippen LogP contribution is 2.36. The Morgan fingerprint density at radius 3 is 2.26 bits per heavy atom. The average molecular weight is 339 g/mol. The first-order valence-electron chi connectivity index (χ1n) is 6.44. The number of methoxy groups -OCH3 is 3. The molecule has 1 amide bonds. The summed E-state index contributed by atoms with van der Waals surface area (Å²) < 4.78 is 14.9. The molecule has 122 valence electrons. The SMILES string of the molecule is COC(=O)Nc1ccc(Nc2cc(OC)c(Cl)cc2OC)nn1. The third-order valence-corrected chi connectivity index (χ3v) is 3.11. The van der Waals surface area contributed by atoms with Gasteiger partial charge in [-0.1, -0.05) is 11.6 Å². The number of nitrogens with one attached hydrogen (secondary N) is 2. The molecule has 23 heavy (non-hydrogen) atoms. The lowest BCUT2D eigenvalue weighted by atomic mass is 10.2. The lowest BCUT2D eigenvalue weighted by Gasteiger charge is -2.13. The molecule has 0 unspecified atom stereocenters. The van der Waals surface area contributed by atoms with Gasteiger partial charge < -0.3 is 19.5 Å². The summed E-state index contributed by atoms with van der Waals surface area (Å²) in [7, 11) is 4.31. The van der Waals surface area contributed by atoms with Crippen LogP contribution in [-0.4, -0.2) is 37.6 Å². The van der Waals surface area contributed by atoms with Crippen molar-refractivity contribution < 1.29 is 19.0 Å². The Labute approximate surface area is 137 Å². The largest absolute Gasteiger partial charge is 0.495 e. The summed E-state index contributed by atoms with van der Waals surface area (Å²) in [5.41, 5.74) is 0.608. The molecule has 0 saturated carbocycles. The van der Waals surface area contributed by atoms with Crippen LogP contribution in [-0.2, 0) is 4.74 Å². The quantitative estimate of drug-likeness (QED) is 0.865. The van der Waals surface area contributed by atoms with Crippen LogP contribution in [0.4, 0.5) is 22.1 Å². The Bertz CT molecular complexity index is 694. The fraction of sp³-hybridized carbons (Fsp3) is 0.214. The Kier molecular flexibility index (Phi) is 5.42. The molecule has 0 spiro atoms. The third kappa shape index (κ3) is 4.13. The van der Waals surface area contributed by atoms with Crippen LogP contribution < -0.4 is 20.1 Å². The van der Waals surface area contributed by atoms with Crippen LogP contribution >= 0.6 is 11.6 Å². The number of hydrogen-bond acceptors (Lipinski definition) is 7. The Morgan fingerprint density at radius 1 is 1.04 bits per heavy atom. The maximum atomic E-state index is 11.1. The molecule has 2 rings (SSSR count). The normalized spacial score (nSPS) is 9.91. The van der Waals surface area contributed by atoms with Crippen LogP contribution in [0.15, 0.2) is 24.3 Å². The first-order valence-corrected chi connectivity index (χ1v) is 6.82. The minimum Gasteiger partial charge on any atom is -0.495 e. The third-order valence-electron chi connectivity index (χ3n) is 2.82. The molecule has 8 nitrogen and oxygen atoms in total. The van der Waals surface area contributed by atoms with Crippen LogP contribution in [0.2, 0.25) is 5.02 Å². The Hall–Kier alpha value is -2.74. The molecule has 0 aliphatic carbocycles. The molecule has 2 N–H and O–H groups in total. The van der Waals surface area contributed by atoms with Gasteiger partial charge in [0.25, 0.3) is 0 Å². The topological polar surface area (TPSA) is 94.6 Å². The molecule has 9 heteroatoms. The van der Waals surface area contributed by atoms with Crippen LogP contribution in [0.3, 0.4) is 0 Å². The summed E-state index contributed by atoms with van der Waals surface area (Å²) in [4.78, 5) is 11.1. The molecule has 0 bridgehead atoms. The molecule has 0 saturated heterocycles. The minimum absolute atomic E-state index is 0.267. The predicted molar refractivity (Wildman–Crippen MR) is 85.9 cm³/mol. The number of aromatic nitrogens is 2. The number of anilines is 3. The standard InChI is InChI=1S/C14H15ClN4O4/c1-21-10-7-9(11(22-2)6-8(10)15)16-12-4-5-13(19-18-12)17-14(20)23-3/h4-7H,1-3H3,(H,16,18)(H,17,19,20). The zero-order valence-electron chi connectivity index (χ0n) is 12.7. The molecular weight excluding hydrogens is 324 g/mol. The van der Waals surface area contributed by atoms with E-state index in [2.05, 4.69) is 25.6 Å². The number of ether oxygens (including phenoxy) is 3. The van der Waals surface area contributed by atoms with E-state index < -0.39 is 6.09 Å². The number of rotatable bonds is 5. The van der Waals surface area contributed by atoms with Crippen molar-refractivity contribution in [1.82, 2.24) is 10.2 Å². The Balaban J connectivity index is 2.20. The van der Waals surface area contributed by atoms with Crippen molar-refractivity contribution in [2.45, 2.75) is 0 Å². The van der Waals surface area contributed by atoms with E-state index in [9.17, 15) is 4.79 Å². The van der Waals surface area contributed by atoms with E-state index in [4.69, 9.17) is 21.1 Å². The summed E-state index contributed by atoms with van der Waals surface area (Å²) in [6.45, 7) is 0. The van der Waals surface area contributed by atoms with E-state index in [0.29, 0.717) is 28.0 Å². The molecular formula is C14H15ClN4O4. The number of carbonyl (C=O) groups is 1. The van der Waals surface area contributed by atoms with Gasteiger partial charge in [-0.15, -0.1) is 10.2 Å². The average Bonchev–Trinajstić information content (AvgIpc) is 2.57. The van der Waals surface area contributed by atoms with Gasteiger partial charge in [-0.2, -0.15) is 0 Å². The first kappa shape index (κ1) is 16.6. The van der Waals surface area contributed by atoms with Crippen LogP contribution in [0.25, 0.3) is 0 Å². The number of nitrogens with zero attached hydrogens (tertiary/aromatic N) is 2. The zero-order chi connectivity index (χ0) is 16.8. The van der Waals surface area contributed by atoms with Crippen molar-refractivity contribution in [3.8, 4) is 11.5 Å². The molecule has 0 aliphatic rings. The maximum absolute atomic E-state index is 11.1. The molecule has 1 aromatic carbocycles.